The lowest BCUT2D eigenvalue weighted by molar-refractivity contribution is 1.47. The number of rotatable bonds is 4. The minimum Gasteiger partial charge on any atom is -0.192 e. The summed E-state index contributed by atoms with van der Waals surface area (Å²) in [5.74, 6) is 0. The van der Waals surface area contributed by atoms with Crippen molar-refractivity contribution < 1.29 is 0 Å². The van der Waals surface area contributed by atoms with Gasteiger partial charge in [-0.15, -0.1) is 22.7 Å². The van der Waals surface area contributed by atoms with Crippen molar-refractivity contribution in [1.82, 2.24) is 0 Å². The van der Waals surface area contributed by atoms with Gasteiger partial charge in [-0.05, 0) is 106 Å². The summed E-state index contributed by atoms with van der Waals surface area (Å²) in [4.78, 5) is 0. The Labute approximate surface area is 274 Å². The lowest BCUT2D eigenvalue weighted by Crippen LogP contribution is -1.89. The van der Waals surface area contributed by atoms with Gasteiger partial charge in [0.15, 0.2) is 0 Å². The van der Waals surface area contributed by atoms with E-state index in [1.165, 1.54) is 62.6 Å². The molecule has 46 heavy (non-hydrogen) atoms. The summed E-state index contributed by atoms with van der Waals surface area (Å²) < 4.78 is 5.23. The Balaban J connectivity index is 1.27. The van der Waals surface area contributed by atoms with E-state index in [1.54, 1.807) is 0 Å². The molecule has 0 spiro atoms. The molecule has 0 aliphatic rings. The van der Waals surface area contributed by atoms with Crippen LogP contribution in [0.25, 0.3) is 84.9 Å². The second-order valence-electron chi connectivity index (χ2n) is 11.7. The zero-order valence-electron chi connectivity index (χ0n) is 24.7. The van der Waals surface area contributed by atoms with Gasteiger partial charge >= 0.3 is 0 Å². The molecule has 0 radical (unpaired) electrons. The number of fused-ring (bicyclic) bond motifs is 6. The second kappa shape index (κ2) is 10.8. The highest BCUT2D eigenvalue weighted by atomic mass is 32.1. The first-order chi connectivity index (χ1) is 22.7. The largest absolute Gasteiger partial charge is 0.192 e. The van der Waals surface area contributed by atoms with Crippen LogP contribution in [0.2, 0.25) is 0 Å². The van der Waals surface area contributed by atoms with E-state index in [9.17, 15) is 5.26 Å². The molecule has 0 saturated carbocycles. The van der Waals surface area contributed by atoms with Crippen LogP contribution in [0.3, 0.4) is 0 Å². The fourth-order valence-electron chi connectivity index (χ4n) is 6.62. The molecule has 0 bridgehead atoms. The molecule has 7 aromatic carbocycles. The van der Waals surface area contributed by atoms with Crippen LogP contribution in [-0.4, -0.2) is 0 Å². The van der Waals surface area contributed by atoms with Crippen molar-refractivity contribution in [1.29, 1.82) is 5.26 Å². The van der Waals surface area contributed by atoms with E-state index in [0.717, 1.165) is 22.3 Å². The second-order valence-corrected chi connectivity index (χ2v) is 13.8. The van der Waals surface area contributed by atoms with Gasteiger partial charge in [-0.2, -0.15) is 5.26 Å². The predicted molar refractivity (Wildman–Crippen MR) is 199 cm³/mol. The molecule has 0 N–H and O–H groups in total. The van der Waals surface area contributed by atoms with Gasteiger partial charge in [0.1, 0.15) is 0 Å². The molecular formula is C43H25NS2. The number of thiophene rings is 2. The zero-order chi connectivity index (χ0) is 30.6. The Hall–Kier alpha value is -5.53. The molecule has 0 atom stereocenters. The quantitative estimate of drug-likeness (QED) is 0.192. The van der Waals surface area contributed by atoms with Crippen LogP contribution in [-0.2, 0) is 0 Å². The molecular weight excluding hydrogens is 595 g/mol. The fourth-order valence-corrected chi connectivity index (χ4v) is 8.79. The molecule has 214 valence electrons. The van der Waals surface area contributed by atoms with Crippen molar-refractivity contribution in [2.75, 3.05) is 0 Å². The Kier molecular flexibility index (Phi) is 6.31. The predicted octanol–water partition coefficient (Wildman–Crippen LogP) is 13.0. The van der Waals surface area contributed by atoms with Gasteiger partial charge in [0.2, 0.25) is 0 Å². The van der Waals surface area contributed by atoms with Gasteiger partial charge in [-0.25, -0.2) is 0 Å². The molecule has 0 saturated heterocycles. The maximum Gasteiger partial charge on any atom is 0.0998 e. The first-order valence-electron chi connectivity index (χ1n) is 15.3. The Morgan fingerprint density at radius 3 is 1.35 bits per heavy atom. The monoisotopic (exact) mass is 619 g/mol. The standard InChI is InChI=1S/C43H25NS2/c44-26-31-15-14-28(23-37(31)27-8-2-1-3-9-27)32-20-33(29-16-18-42-38(24-29)35-10-4-6-12-40(35)45-42)22-34(21-32)30-17-19-43-39(25-30)36-11-5-7-13-41(36)46-43/h1-25H. The maximum atomic E-state index is 9.97. The molecule has 9 aromatic rings. The Morgan fingerprint density at radius 2 is 0.804 bits per heavy atom. The highest BCUT2D eigenvalue weighted by molar-refractivity contribution is 7.26. The third kappa shape index (κ3) is 4.51. The summed E-state index contributed by atoms with van der Waals surface area (Å²) in [6.45, 7) is 0. The number of nitrogens with zero attached hydrogens (tertiary/aromatic N) is 1. The van der Waals surface area contributed by atoms with Crippen molar-refractivity contribution >= 4 is 63.0 Å². The van der Waals surface area contributed by atoms with E-state index < -0.39 is 0 Å². The number of hydrogen-bond acceptors (Lipinski definition) is 3. The summed E-state index contributed by atoms with van der Waals surface area (Å²) in [7, 11) is 0. The van der Waals surface area contributed by atoms with Crippen molar-refractivity contribution in [3.8, 4) is 50.6 Å². The Morgan fingerprint density at radius 1 is 0.348 bits per heavy atom. The van der Waals surface area contributed by atoms with Crippen molar-refractivity contribution in [3.05, 3.63) is 157 Å². The molecule has 0 amide bonds. The van der Waals surface area contributed by atoms with E-state index in [1.807, 2.05) is 46.9 Å². The van der Waals surface area contributed by atoms with Crippen LogP contribution in [0.1, 0.15) is 5.56 Å². The minimum absolute atomic E-state index is 0.677. The SMILES string of the molecule is N#Cc1ccc(-c2cc(-c3ccc4sc5ccccc5c4c3)cc(-c3ccc4sc5ccccc5c4c3)c2)cc1-c1ccccc1. The van der Waals surface area contributed by atoms with E-state index in [0.29, 0.717) is 5.56 Å². The van der Waals surface area contributed by atoms with Crippen molar-refractivity contribution in [2.24, 2.45) is 0 Å². The normalized spacial score (nSPS) is 11.5. The molecule has 2 heterocycles. The molecule has 0 aliphatic carbocycles. The van der Waals surface area contributed by atoms with Gasteiger partial charge in [0, 0.05) is 45.9 Å². The molecule has 0 fully saturated rings. The molecule has 0 aliphatic heterocycles. The van der Waals surface area contributed by atoms with Crippen molar-refractivity contribution in [3.63, 3.8) is 0 Å². The number of hydrogen-bond donors (Lipinski definition) is 0. The zero-order valence-corrected chi connectivity index (χ0v) is 26.3. The smallest absolute Gasteiger partial charge is 0.0998 e. The molecule has 1 nitrogen and oxygen atoms in total. The summed E-state index contributed by atoms with van der Waals surface area (Å²) in [5.41, 5.74) is 9.61. The molecule has 3 heteroatoms. The van der Waals surface area contributed by atoms with E-state index in [2.05, 4.69) is 133 Å². The van der Waals surface area contributed by atoms with Gasteiger partial charge in [-0.3, -0.25) is 0 Å². The van der Waals surface area contributed by atoms with Crippen LogP contribution in [0.15, 0.2) is 152 Å². The van der Waals surface area contributed by atoms with E-state index in [-0.39, 0.29) is 0 Å². The summed E-state index contributed by atoms with van der Waals surface area (Å²) in [6.07, 6.45) is 0. The third-order valence-corrected chi connectivity index (χ3v) is 11.2. The topological polar surface area (TPSA) is 23.8 Å². The Bertz CT molecular complexity index is 2520. The van der Waals surface area contributed by atoms with E-state index >= 15 is 0 Å². The van der Waals surface area contributed by atoms with Crippen molar-refractivity contribution in [2.45, 2.75) is 0 Å². The van der Waals surface area contributed by atoms with Gasteiger partial charge < -0.3 is 0 Å². The maximum absolute atomic E-state index is 9.97. The highest BCUT2D eigenvalue weighted by Gasteiger charge is 2.14. The summed E-state index contributed by atoms with van der Waals surface area (Å²) in [6, 6.07) is 56.8. The van der Waals surface area contributed by atoms with Crippen LogP contribution >= 0.6 is 22.7 Å². The molecule has 9 rings (SSSR count). The summed E-state index contributed by atoms with van der Waals surface area (Å²) in [5, 5.41) is 15.2. The van der Waals surface area contributed by atoms with E-state index in [4.69, 9.17) is 0 Å². The number of benzene rings is 7. The first kappa shape index (κ1) is 26.8. The fraction of sp³-hybridized carbons (Fsp3) is 0. The van der Waals surface area contributed by atoms with Crippen LogP contribution < -0.4 is 0 Å². The van der Waals surface area contributed by atoms with Gasteiger partial charge in [0.25, 0.3) is 0 Å². The highest BCUT2D eigenvalue weighted by Crippen LogP contribution is 2.41. The molecule has 2 aromatic heterocycles. The van der Waals surface area contributed by atoms with Crippen LogP contribution in [0.4, 0.5) is 0 Å². The summed E-state index contributed by atoms with van der Waals surface area (Å²) >= 11 is 3.69. The average molecular weight is 620 g/mol. The first-order valence-corrected chi connectivity index (χ1v) is 16.9. The minimum atomic E-state index is 0.677. The lowest BCUT2D eigenvalue weighted by Gasteiger charge is -2.13. The van der Waals surface area contributed by atoms with Gasteiger partial charge in [0.05, 0.1) is 11.6 Å². The molecule has 0 unspecified atom stereocenters. The van der Waals surface area contributed by atoms with Crippen LogP contribution in [0.5, 0.6) is 0 Å². The number of nitriles is 1. The lowest BCUT2D eigenvalue weighted by atomic mass is 9.90. The van der Waals surface area contributed by atoms with Gasteiger partial charge in [-0.1, -0.05) is 84.9 Å². The average Bonchev–Trinajstić information content (AvgIpc) is 3.69. The van der Waals surface area contributed by atoms with Crippen LogP contribution in [0, 0.1) is 11.3 Å². The third-order valence-electron chi connectivity index (χ3n) is 8.91.